The molecule has 2 heteroatoms. The maximum Gasteiger partial charge on any atom is 0.0838 e. The Hall–Kier alpha value is -0.110. The summed E-state index contributed by atoms with van der Waals surface area (Å²) in [5.41, 5.74) is 1.13. The number of rotatable bonds is 0. The van der Waals surface area contributed by atoms with Crippen molar-refractivity contribution in [3.8, 4) is 0 Å². The van der Waals surface area contributed by atoms with E-state index in [1.54, 1.807) is 0 Å². The monoisotopic (exact) mass is 187 g/mol. The van der Waals surface area contributed by atoms with E-state index in [0.29, 0.717) is 5.92 Å². The van der Waals surface area contributed by atoms with Crippen molar-refractivity contribution in [2.45, 2.75) is 20.3 Å². The predicted octanol–water partition coefficient (Wildman–Crippen LogP) is 2.72. The number of aliphatic imine (C=N–C) groups is 1. The molecule has 0 saturated heterocycles. The summed E-state index contributed by atoms with van der Waals surface area (Å²) >= 11 is 3.38. The SMILES string of the molecule is CC1=CC(C)CC(Br)=N1. The Kier molecular flexibility index (Phi) is 2.06. The van der Waals surface area contributed by atoms with Gasteiger partial charge in [-0.05, 0) is 28.8 Å². The van der Waals surface area contributed by atoms with E-state index >= 15 is 0 Å². The van der Waals surface area contributed by atoms with E-state index in [0.717, 1.165) is 16.7 Å². The van der Waals surface area contributed by atoms with Crippen LogP contribution in [0.3, 0.4) is 0 Å². The van der Waals surface area contributed by atoms with Crippen molar-refractivity contribution in [1.29, 1.82) is 0 Å². The zero-order valence-electron chi connectivity index (χ0n) is 5.69. The van der Waals surface area contributed by atoms with Gasteiger partial charge in [0.25, 0.3) is 0 Å². The van der Waals surface area contributed by atoms with E-state index in [2.05, 4.69) is 33.9 Å². The fraction of sp³-hybridized carbons (Fsp3) is 0.571. The summed E-state index contributed by atoms with van der Waals surface area (Å²) in [5.74, 6) is 0.650. The van der Waals surface area contributed by atoms with Gasteiger partial charge in [0, 0.05) is 12.1 Å². The molecule has 1 aliphatic heterocycles. The van der Waals surface area contributed by atoms with Crippen molar-refractivity contribution in [2.24, 2.45) is 10.9 Å². The van der Waals surface area contributed by atoms with Gasteiger partial charge in [-0.15, -0.1) is 0 Å². The molecule has 1 heterocycles. The zero-order chi connectivity index (χ0) is 6.85. The average molecular weight is 188 g/mol. The van der Waals surface area contributed by atoms with E-state index in [1.165, 1.54) is 0 Å². The third-order valence-electron chi connectivity index (χ3n) is 1.31. The first-order valence-electron chi connectivity index (χ1n) is 3.10. The summed E-state index contributed by atoms with van der Waals surface area (Å²) < 4.78 is 1.08. The molecule has 0 aliphatic carbocycles. The molecule has 1 rings (SSSR count). The van der Waals surface area contributed by atoms with Gasteiger partial charge in [0.1, 0.15) is 0 Å². The minimum Gasteiger partial charge on any atom is -0.251 e. The molecule has 0 bridgehead atoms. The predicted molar refractivity (Wildman–Crippen MR) is 43.9 cm³/mol. The van der Waals surface area contributed by atoms with Crippen LogP contribution in [0.1, 0.15) is 20.3 Å². The highest BCUT2D eigenvalue weighted by molar-refractivity contribution is 9.18. The highest BCUT2D eigenvalue weighted by atomic mass is 79.9. The number of hydrogen-bond donors (Lipinski definition) is 0. The van der Waals surface area contributed by atoms with Gasteiger partial charge in [-0.3, -0.25) is 4.99 Å². The Labute approximate surface area is 64.0 Å². The van der Waals surface area contributed by atoms with Gasteiger partial charge in [0.05, 0.1) is 4.62 Å². The molecule has 0 spiro atoms. The lowest BCUT2D eigenvalue weighted by Crippen LogP contribution is -2.02. The van der Waals surface area contributed by atoms with Crippen molar-refractivity contribution in [2.75, 3.05) is 0 Å². The number of hydrogen-bond acceptors (Lipinski definition) is 1. The van der Waals surface area contributed by atoms with Crippen LogP contribution in [0.5, 0.6) is 0 Å². The van der Waals surface area contributed by atoms with E-state index in [1.807, 2.05) is 6.92 Å². The maximum absolute atomic E-state index is 4.23. The number of halogens is 1. The highest BCUT2D eigenvalue weighted by Gasteiger charge is 2.07. The van der Waals surface area contributed by atoms with E-state index in [4.69, 9.17) is 0 Å². The molecule has 1 aliphatic rings. The van der Waals surface area contributed by atoms with E-state index in [-0.39, 0.29) is 0 Å². The molecule has 0 radical (unpaired) electrons. The molecular formula is C7H10BrN. The van der Waals surface area contributed by atoms with Crippen LogP contribution in [-0.2, 0) is 0 Å². The summed E-state index contributed by atoms with van der Waals surface area (Å²) in [7, 11) is 0. The first kappa shape index (κ1) is 7.00. The van der Waals surface area contributed by atoms with Crippen LogP contribution in [-0.4, -0.2) is 4.62 Å². The summed E-state index contributed by atoms with van der Waals surface area (Å²) in [5, 5.41) is 0. The second-order valence-electron chi connectivity index (χ2n) is 2.48. The highest BCUT2D eigenvalue weighted by Crippen LogP contribution is 2.18. The van der Waals surface area contributed by atoms with Crippen LogP contribution >= 0.6 is 15.9 Å². The lowest BCUT2D eigenvalue weighted by molar-refractivity contribution is 0.751. The first-order valence-corrected chi connectivity index (χ1v) is 3.89. The van der Waals surface area contributed by atoms with Gasteiger partial charge >= 0.3 is 0 Å². The van der Waals surface area contributed by atoms with Gasteiger partial charge in [-0.2, -0.15) is 0 Å². The third-order valence-corrected chi connectivity index (χ3v) is 1.81. The second-order valence-corrected chi connectivity index (χ2v) is 3.39. The maximum atomic E-state index is 4.23. The minimum absolute atomic E-state index is 0.650. The quantitative estimate of drug-likeness (QED) is 0.554. The van der Waals surface area contributed by atoms with Gasteiger partial charge in [0.2, 0.25) is 0 Å². The second kappa shape index (κ2) is 2.65. The van der Waals surface area contributed by atoms with E-state index in [9.17, 15) is 0 Å². The van der Waals surface area contributed by atoms with Gasteiger partial charge in [0.15, 0.2) is 0 Å². The van der Waals surface area contributed by atoms with Crippen LogP contribution in [0.25, 0.3) is 0 Å². The fourth-order valence-corrected chi connectivity index (χ4v) is 1.80. The van der Waals surface area contributed by atoms with Crippen LogP contribution in [0.15, 0.2) is 16.8 Å². The molecular weight excluding hydrogens is 178 g/mol. The standard InChI is InChI=1S/C7H10BrN/c1-5-3-6(2)9-7(8)4-5/h3,5H,4H2,1-2H3. The molecule has 0 saturated carbocycles. The molecule has 0 N–H and O–H groups in total. The van der Waals surface area contributed by atoms with Crippen LogP contribution in [0.4, 0.5) is 0 Å². The number of nitrogens with zero attached hydrogens (tertiary/aromatic N) is 1. The summed E-state index contributed by atoms with van der Waals surface area (Å²) in [4.78, 5) is 4.23. The van der Waals surface area contributed by atoms with Crippen LogP contribution in [0, 0.1) is 5.92 Å². The zero-order valence-corrected chi connectivity index (χ0v) is 7.27. The molecule has 1 unspecified atom stereocenters. The van der Waals surface area contributed by atoms with E-state index < -0.39 is 0 Å². The Morgan fingerprint density at radius 1 is 1.78 bits per heavy atom. The van der Waals surface area contributed by atoms with Crippen molar-refractivity contribution >= 4 is 20.6 Å². The van der Waals surface area contributed by atoms with Gasteiger partial charge < -0.3 is 0 Å². The first-order chi connectivity index (χ1) is 4.18. The summed E-state index contributed by atoms with van der Waals surface area (Å²) in [6, 6.07) is 0. The third kappa shape index (κ3) is 1.94. The molecule has 50 valence electrons. The Morgan fingerprint density at radius 3 is 2.89 bits per heavy atom. The van der Waals surface area contributed by atoms with Crippen molar-refractivity contribution in [3.63, 3.8) is 0 Å². The molecule has 0 aromatic heterocycles. The van der Waals surface area contributed by atoms with Crippen molar-refractivity contribution in [1.82, 2.24) is 0 Å². The average Bonchev–Trinajstić information content (AvgIpc) is 1.59. The summed E-state index contributed by atoms with van der Waals surface area (Å²) in [6.45, 7) is 4.22. The van der Waals surface area contributed by atoms with Crippen LogP contribution in [0.2, 0.25) is 0 Å². The number of allylic oxidation sites excluding steroid dienone is 2. The molecule has 1 atom stereocenters. The smallest absolute Gasteiger partial charge is 0.0838 e. The molecule has 1 nitrogen and oxygen atoms in total. The Morgan fingerprint density at radius 2 is 2.44 bits per heavy atom. The van der Waals surface area contributed by atoms with Gasteiger partial charge in [-0.25, -0.2) is 0 Å². The lowest BCUT2D eigenvalue weighted by atomic mass is 10.1. The molecule has 0 aromatic rings. The fourth-order valence-electron chi connectivity index (χ4n) is 1.01. The molecule has 0 fully saturated rings. The molecule has 0 amide bonds. The van der Waals surface area contributed by atoms with Crippen molar-refractivity contribution < 1.29 is 0 Å². The van der Waals surface area contributed by atoms with Crippen LogP contribution < -0.4 is 0 Å². The van der Waals surface area contributed by atoms with Gasteiger partial charge in [-0.1, -0.05) is 13.0 Å². The minimum atomic E-state index is 0.650. The molecule has 0 aromatic carbocycles. The molecule has 9 heavy (non-hydrogen) atoms. The largest absolute Gasteiger partial charge is 0.251 e. The summed E-state index contributed by atoms with van der Waals surface area (Å²) in [6.07, 6.45) is 3.24. The topological polar surface area (TPSA) is 12.4 Å². The Bertz CT molecular complexity index is 170. The Balaban J connectivity index is 2.74. The van der Waals surface area contributed by atoms with Crippen molar-refractivity contribution in [3.05, 3.63) is 11.8 Å². The lowest BCUT2D eigenvalue weighted by Gasteiger charge is -2.10. The normalized spacial score (nSPS) is 27.2.